The van der Waals surface area contributed by atoms with Crippen molar-refractivity contribution in [3.63, 3.8) is 0 Å². The van der Waals surface area contributed by atoms with Gasteiger partial charge in [0, 0.05) is 12.1 Å². The zero-order chi connectivity index (χ0) is 19.0. The summed E-state index contributed by atoms with van der Waals surface area (Å²) in [6.07, 6.45) is -4.95. The molecule has 0 fully saturated rings. The average Bonchev–Trinajstić information content (AvgIpc) is 2.87. The lowest BCUT2D eigenvalue weighted by atomic mass is 9.87. The number of benzene rings is 1. The van der Waals surface area contributed by atoms with Crippen LogP contribution >= 0.6 is 11.6 Å². The molecule has 1 aliphatic rings. The molecular formula is C16H17ClF3N3O2. The van der Waals surface area contributed by atoms with Crippen LogP contribution in [0.15, 0.2) is 23.2 Å². The monoisotopic (exact) mass is 375 g/mol. The Balaban J connectivity index is 2.23. The lowest BCUT2D eigenvalue weighted by molar-refractivity contribution is -0.173. The third kappa shape index (κ3) is 4.50. The quantitative estimate of drug-likeness (QED) is 0.852. The zero-order valence-corrected chi connectivity index (χ0v) is 14.5. The van der Waals surface area contributed by atoms with Crippen molar-refractivity contribution in [2.24, 2.45) is 10.4 Å². The Labute approximate surface area is 147 Å². The predicted octanol–water partition coefficient (Wildman–Crippen LogP) is 2.81. The van der Waals surface area contributed by atoms with Crippen LogP contribution in [-0.2, 0) is 16.1 Å². The van der Waals surface area contributed by atoms with Crippen LogP contribution in [0, 0.1) is 5.41 Å². The maximum absolute atomic E-state index is 12.2. The predicted molar refractivity (Wildman–Crippen MR) is 87.3 cm³/mol. The van der Waals surface area contributed by atoms with E-state index in [-0.39, 0.29) is 18.3 Å². The van der Waals surface area contributed by atoms with E-state index in [4.69, 9.17) is 11.6 Å². The maximum atomic E-state index is 12.2. The lowest BCUT2D eigenvalue weighted by Gasteiger charge is -2.21. The number of nitrogens with one attached hydrogen (secondary N) is 2. The molecular weight excluding hydrogens is 359 g/mol. The van der Waals surface area contributed by atoms with E-state index in [0.717, 1.165) is 0 Å². The molecule has 1 aliphatic heterocycles. The van der Waals surface area contributed by atoms with E-state index >= 15 is 0 Å². The minimum Gasteiger partial charge on any atom is -0.344 e. The number of alkyl halides is 3. The SMILES string of the molecule is CC(C)(C)C1N=C(c2cc(CNC(=O)C(F)(F)F)ccc2Cl)NC1=O. The molecule has 0 spiro atoms. The molecule has 1 atom stereocenters. The lowest BCUT2D eigenvalue weighted by Crippen LogP contribution is -2.36. The fourth-order valence-electron chi connectivity index (χ4n) is 2.28. The number of amides is 2. The van der Waals surface area contributed by atoms with Crippen molar-refractivity contribution in [1.82, 2.24) is 10.6 Å². The summed E-state index contributed by atoms with van der Waals surface area (Å²) in [5.74, 6) is -2.03. The van der Waals surface area contributed by atoms with Gasteiger partial charge in [-0.3, -0.25) is 14.6 Å². The first-order valence-corrected chi connectivity index (χ1v) is 7.80. The van der Waals surface area contributed by atoms with Gasteiger partial charge in [0.05, 0.1) is 5.02 Å². The van der Waals surface area contributed by atoms with Gasteiger partial charge >= 0.3 is 12.1 Å². The molecule has 0 saturated carbocycles. The first-order valence-electron chi connectivity index (χ1n) is 7.42. The number of hydrogen-bond acceptors (Lipinski definition) is 3. The number of amidine groups is 1. The number of halogens is 4. The molecule has 0 aliphatic carbocycles. The molecule has 0 saturated heterocycles. The van der Waals surface area contributed by atoms with Gasteiger partial charge in [0.15, 0.2) is 0 Å². The summed E-state index contributed by atoms with van der Waals surface area (Å²) in [6.45, 7) is 5.28. The van der Waals surface area contributed by atoms with Gasteiger partial charge in [0.25, 0.3) is 5.91 Å². The summed E-state index contributed by atoms with van der Waals surface area (Å²) in [6, 6.07) is 3.86. The van der Waals surface area contributed by atoms with Gasteiger partial charge in [-0.15, -0.1) is 0 Å². The van der Waals surface area contributed by atoms with Crippen LogP contribution in [-0.4, -0.2) is 29.9 Å². The Bertz CT molecular complexity index is 739. The molecule has 1 aromatic rings. The van der Waals surface area contributed by atoms with E-state index in [1.165, 1.54) is 18.2 Å². The largest absolute Gasteiger partial charge is 0.471 e. The molecule has 2 rings (SSSR count). The zero-order valence-electron chi connectivity index (χ0n) is 13.8. The topological polar surface area (TPSA) is 70.6 Å². The van der Waals surface area contributed by atoms with E-state index in [9.17, 15) is 22.8 Å². The van der Waals surface area contributed by atoms with Crippen molar-refractivity contribution >= 4 is 29.3 Å². The smallest absolute Gasteiger partial charge is 0.344 e. The molecule has 0 bridgehead atoms. The van der Waals surface area contributed by atoms with Gasteiger partial charge in [-0.05, 0) is 23.1 Å². The number of aliphatic imine (C=N–C) groups is 1. The molecule has 1 aromatic carbocycles. The number of carbonyl (C=O) groups excluding carboxylic acids is 2. The van der Waals surface area contributed by atoms with E-state index in [1.807, 2.05) is 20.8 Å². The fourth-order valence-corrected chi connectivity index (χ4v) is 2.48. The van der Waals surface area contributed by atoms with Gasteiger partial charge in [-0.2, -0.15) is 13.2 Å². The van der Waals surface area contributed by atoms with E-state index in [1.54, 1.807) is 5.32 Å². The summed E-state index contributed by atoms with van der Waals surface area (Å²) in [7, 11) is 0. The van der Waals surface area contributed by atoms with Crippen LogP contribution in [0.5, 0.6) is 0 Å². The number of rotatable bonds is 3. The Kier molecular flexibility index (Phi) is 5.13. The second kappa shape index (κ2) is 6.67. The van der Waals surface area contributed by atoms with Crippen LogP contribution in [0.3, 0.4) is 0 Å². The molecule has 2 amide bonds. The van der Waals surface area contributed by atoms with E-state index < -0.39 is 23.5 Å². The second-order valence-corrected chi connectivity index (χ2v) is 7.14. The highest BCUT2D eigenvalue weighted by atomic mass is 35.5. The third-order valence-electron chi connectivity index (χ3n) is 3.56. The Morgan fingerprint density at radius 1 is 1.32 bits per heavy atom. The van der Waals surface area contributed by atoms with Gasteiger partial charge in [-0.1, -0.05) is 38.4 Å². The van der Waals surface area contributed by atoms with Gasteiger partial charge < -0.3 is 10.6 Å². The van der Waals surface area contributed by atoms with Crippen molar-refractivity contribution in [2.75, 3.05) is 0 Å². The highest BCUT2D eigenvalue weighted by molar-refractivity contribution is 6.35. The summed E-state index contributed by atoms with van der Waals surface area (Å²) in [4.78, 5) is 27.3. The Morgan fingerprint density at radius 3 is 2.48 bits per heavy atom. The van der Waals surface area contributed by atoms with Crippen LogP contribution in [0.1, 0.15) is 31.9 Å². The van der Waals surface area contributed by atoms with Gasteiger partial charge in [0.1, 0.15) is 11.9 Å². The molecule has 5 nitrogen and oxygen atoms in total. The van der Waals surface area contributed by atoms with Crippen molar-refractivity contribution in [1.29, 1.82) is 0 Å². The summed E-state index contributed by atoms with van der Waals surface area (Å²) in [5, 5.41) is 4.72. The molecule has 1 heterocycles. The number of nitrogens with zero attached hydrogens (tertiary/aromatic N) is 1. The minimum absolute atomic E-state index is 0.263. The molecule has 2 N–H and O–H groups in total. The van der Waals surface area contributed by atoms with Crippen LogP contribution < -0.4 is 10.6 Å². The highest BCUT2D eigenvalue weighted by Crippen LogP contribution is 2.28. The van der Waals surface area contributed by atoms with Gasteiger partial charge in [0.2, 0.25) is 0 Å². The third-order valence-corrected chi connectivity index (χ3v) is 3.89. The van der Waals surface area contributed by atoms with Crippen molar-refractivity contribution in [2.45, 2.75) is 39.5 Å². The maximum Gasteiger partial charge on any atom is 0.471 e. The highest BCUT2D eigenvalue weighted by Gasteiger charge is 2.38. The molecule has 0 radical (unpaired) electrons. The minimum atomic E-state index is -4.95. The number of carbonyl (C=O) groups is 2. The standard InChI is InChI=1S/C16H17ClF3N3O2/c1-15(2,3)11-13(24)23-12(22-11)9-6-8(4-5-10(9)17)7-21-14(25)16(18,19)20/h4-6,11H,7H2,1-3H3,(H,21,25)(H,22,23,24). The molecule has 0 aromatic heterocycles. The average molecular weight is 376 g/mol. The van der Waals surface area contributed by atoms with Gasteiger partial charge in [-0.25, -0.2) is 0 Å². The fraction of sp³-hybridized carbons (Fsp3) is 0.438. The van der Waals surface area contributed by atoms with E-state index in [0.29, 0.717) is 16.1 Å². The van der Waals surface area contributed by atoms with E-state index in [2.05, 4.69) is 10.3 Å². The Morgan fingerprint density at radius 2 is 1.96 bits per heavy atom. The molecule has 136 valence electrons. The van der Waals surface area contributed by atoms with Crippen LogP contribution in [0.2, 0.25) is 5.02 Å². The molecule has 1 unspecified atom stereocenters. The Hall–Kier alpha value is -2.09. The van der Waals surface area contributed by atoms with Crippen molar-refractivity contribution < 1.29 is 22.8 Å². The second-order valence-electron chi connectivity index (χ2n) is 6.73. The molecule has 9 heteroatoms. The first-order chi connectivity index (χ1) is 11.4. The summed E-state index contributed by atoms with van der Waals surface area (Å²) in [5.41, 5.74) is 0.394. The van der Waals surface area contributed by atoms with Crippen LogP contribution in [0.4, 0.5) is 13.2 Å². The number of hydrogen-bond donors (Lipinski definition) is 2. The van der Waals surface area contributed by atoms with Crippen molar-refractivity contribution in [3.05, 3.63) is 34.3 Å². The summed E-state index contributed by atoms with van der Waals surface area (Å²) >= 11 is 6.12. The summed E-state index contributed by atoms with van der Waals surface area (Å²) < 4.78 is 36.7. The van der Waals surface area contributed by atoms with Crippen molar-refractivity contribution in [3.8, 4) is 0 Å². The normalized spacial score (nSPS) is 18.0. The van der Waals surface area contributed by atoms with Crippen LogP contribution in [0.25, 0.3) is 0 Å². The first kappa shape index (κ1) is 19.2. The molecule has 25 heavy (non-hydrogen) atoms.